The standard InChI is InChI=1S/C30H27NO5/c1-31(36-30(33)25-15-9-4-10-16-25)20-27(32)26-17-18-28(34-21-23-11-5-2-6-12-23)29(19-26)35-22-24-13-7-3-8-14-24/h2-19H,20-22H2,1H3. The van der Waals surface area contributed by atoms with Crippen LogP contribution in [0.3, 0.4) is 0 Å². The molecule has 0 radical (unpaired) electrons. The molecule has 0 spiro atoms. The molecule has 0 bridgehead atoms. The van der Waals surface area contributed by atoms with Gasteiger partial charge >= 0.3 is 5.97 Å². The number of hydrogen-bond acceptors (Lipinski definition) is 6. The largest absolute Gasteiger partial charge is 0.485 e. The normalized spacial score (nSPS) is 10.6. The molecule has 0 aliphatic heterocycles. The van der Waals surface area contributed by atoms with Crippen molar-refractivity contribution in [2.75, 3.05) is 13.6 Å². The van der Waals surface area contributed by atoms with Gasteiger partial charge in [0, 0.05) is 12.6 Å². The zero-order valence-electron chi connectivity index (χ0n) is 20.0. The minimum Gasteiger partial charge on any atom is -0.485 e. The first-order valence-electron chi connectivity index (χ1n) is 11.6. The molecule has 4 aromatic carbocycles. The first-order chi connectivity index (χ1) is 17.6. The monoisotopic (exact) mass is 481 g/mol. The van der Waals surface area contributed by atoms with Crippen molar-refractivity contribution in [1.82, 2.24) is 5.06 Å². The van der Waals surface area contributed by atoms with Crippen molar-refractivity contribution >= 4 is 11.8 Å². The van der Waals surface area contributed by atoms with E-state index in [9.17, 15) is 9.59 Å². The van der Waals surface area contributed by atoms with Gasteiger partial charge in [-0.3, -0.25) is 4.79 Å². The Kier molecular flexibility index (Phi) is 8.46. The highest BCUT2D eigenvalue weighted by atomic mass is 16.7. The summed E-state index contributed by atoms with van der Waals surface area (Å²) in [6.07, 6.45) is 0. The van der Waals surface area contributed by atoms with Gasteiger partial charge in [-0.1, -0.05) is 78.9 Å². The molecule has 0 aliphatic rings. The number of carbonyl (C=O) groups is 2. The molecular formula is C30H27NO5. The van der Waals surface area contributed by atoms with Crippen LogP contribution < -0.4 is 9.47 Å². The summed E-state index contributed by atoms with van der Waals surface area (Å²) in [4.78, 5) is 30.5. The number of hydrogen-bond donors (Lipinski definition) is 0. The van der Waals surface area contributed by atoms with Crippen LogP contribution in [0.4, 0.5) is 0 Å². The lowest BCUT2D eigenvalue weighted by atomic mass is 10.1. The van der Waals surface area contributed by atoms with Crippen LogP contribution in [0.2, 0.25) is 0 Å². The van der Waals surface area contributed by atoms with E-state index < -0.39 is 5.97 Å². The van der Waals surface area contributed by atoms with E-state index in [1.54, 1.807) is 49.5 Å². The molecule has 0 saturated heterocycles. The Balaban J connectivity index is 1.45. The van der Waals surface area contributed by atoms with Crippen molar-refractivity contribution in [2.24, 2.45) is 0 Å². The fourth-order valence-corrected chi connectivity index (χ4v) is 3.48. The van der Waals surface area contributed by atoms with Gasteiger partial charge in [-0.15, -0.1) is 5.06 Å². The number of carbonyl (C=O) groups excluding carboxylic acids is 2. The van der Waals surface area contributed by atoms with E-state index in [4.69, 9.17) is 14.3 Å². The van der Waals surface area contributed by atoms with Crippen LogP contribution in [0.15, 0.2) is 109 Å². The number of Topliss-reactive ketones (excluding diaryl/α,β-unsaturated/α-hetero) is 1. The van der Waals surface area contributed by atoms with Crippen molar-refractivity contribution in [1.29, 1.82) is 0 Å². The smallest absolute Gasteiger partial charge is 0.357 e. The number of rotatable bonds is 11. The lowest BCUT2D eigenvalue weighted by molar-refractivity contribution is -0.0833. The third kappa shape index (κ3) is 7.04. The highest BCUT2D eigenvalue weighted by molar-refractivity contribution is 5.98. The summed E-state index contributed by atoms with van der Waals surface area (Å²) < 4.78 is 12.1. The van der Waals surface area contributed by atoms with Crippen LogP contribution in [0.1, 0.15) is 31.8 Å². The van der Waals surface area contributed by atoms with E-state index in [-0.39, 0.29) is 12.3 Å². The molecule has 0 fully saturated rings. The van der Waals surface area contributed by atoms with Crippen LogP contribution in [0.25, 0.3) is 0 Å². The molecule has 36 heavy (non-hydrogen) atoms. The molecule has 0 N–H and O–H groups in total. The minimum atomic E-state index is -0.526. The first kappa shape index (κ1) is 24.7. The molecule has 0 amide bonds. The third-order valence-corrected chi connectivity index (χ3v) is 5.35. The quantitative estimate of drug-likeness (QED) is 0.201. The molecular weight excluding hydrogens is 454 g/mol. The summed E-state index contributed by atoms with van der Waals surface area (Å²) in [5.41, 5.74) is 2.85. The second kappa shape index (κ2) is 12.3. The van der Waals surface area contributed by atoms with Gasteiger partial charge in [0.1, 0.15) is 13.2 Å². The molecule has 0 aromatic heterocycles. The zero-order chi connectivity index (χ0) is 25.2. The summed E-state index contributed by atoms with van der Waals surface area (Å²) in [6, 6.07) is 33.3. The van der Waals surface area contributed by atoms with Crippen molar-refractivity contribution in [3.63, 3.8) is 0 Å². The van der Waals surface area contributed by atoms with Gasteiger partial charge in [0.25, 0.3) is 0 Å². The molecule has 0 saturated carbocycles. The predicted molar refractivity (Wildman–Crippen MR) is 137 cm³/mol. The Morgan fingerprint density at radius 2 is 1.17 bits per heavy atom. The fraction of sp³-hybridized carbons (Fsp3) is 0.133. The van der Waals surface area contributed by atoms with Gasteiger partial charge in [0.2, 0.25) is 0 Å². The van der Waals surface area contributed by atoms with E-state index >= 15 is 0 Å². The number of nitrogens with zero attached hydrogens (tertiary/aromatic N) is 1. The summed E-state index contributed by atoms with van der Waals surface area (Å²) in [7, 11) is 1.54. The van der Waals surface area contributed by atoms with E-state index in [0.29, 0.717) is 35.8 Å². The maximum Gasteiger partial charge on any atom is 0.357 e. The highest BCUT2D eigenvalue weighted by Crippen LogP contribution is 2.30. The second-order valence-electron chi connectivity index (χ2n) is 8.16. The Morgan fingerprint density at radius 3 is 1.75 bits per heavy atom. The van der Waals surface area contributed by atoms with Crippen LogP contribution in [0, 0.1) is 0 Å². The minimum absolute atomic E-state index is 0.110. The maximum absolute atomic E-state index is 13.0. The average Bonchev–Trinajstić information content (AvgIpc) is 2.92. The number of likely N-dealkylation sites (N-methyl/N-ethyl adjacent to an activating group) is 1. The van der Waals surface area contributed by atoms with E-state index in [1.807, 2.05) is 66.7 Å². The van der Waals surface area contributed by atoms with Gasteiger partial charge in [-0.2, -0.15) is 0 Å². The number of benzene rings is 4. The van der Waals surface area contributed by atoms with E-state index in [0.717, 1.165) is 11.1 Å². The fourth-order valence-electron chi connectivity index (χ4n) is 3.48. The molecule has 4 aromatic rings. The molecule has 6 heteroatoms. The Morgan fingerprint density at radius 1 is 0.639 bits per heavy atom. The molecule has 0 atom stereocenters. The van der Waals surface area contributed by atoms with Gasteiger partial charge in [-0.05, 0) is 41.5 Å². The van der Waals surface area contributed by atoms with E-state index in [2.05, 4.69) is 0 Å². The number of ketones is 1. The Bertz CT molecular complexity index is 1280. The first-order valence-corrected chi connectivity index (χ1v) is 11.6. The van der Waals surface area contributed by atoms with Gasteiger partial charge in [-0.25, -0.2) is 4.79 Å². The maximum atomic E-state index is 13.0. The summed E-state index contributed by atoms with van der Waals surface area (Å²) in [6.45, 7) is 0.587. The average molecular weight is 482 g/mol. The van der Waals surface area contributed by atoms with Crippen LogP contribution in [-0.4, -0.2) is 30.4 Å². The zero-order valence-corrected chi connectivity index (χ0v) is 20.0. The number of ether oxygens (including phenoxy) is 2. The molecule has 0 aliphatic carbocycles. The van der Waals surface area contributed by atoms with Crippen LogP contribution in [-0.2, 0) is 18.1 Å². The SMILES string of the molecule is CN(CC(=O)c1ccc(OCc2ccccc2)c(OCc2ccccc2)c1)OC(=O)c1ccccc1. The van der Waals surface area contributed by atoms with Crippen molar-refractivity contribution in [2.45, 2.75) is 13.2 Å². The second-order valence-corrected chi connectivity index (χ2v) is 8.16. The summed E-state index contributed by atoms with van der Waals surface area (Å²) in [5.74, 6) is 0.250. The van der Waals surface area contributed by atoms with Crippen molar-refractivity contribution in [3.8, 4) is 11.5 Å². The van der Waals surface area contributed by atoms with Gasteiger partial charge in [0.05, 0.1) is 12.1 Å². The molecule has 6 nitrogen and oxygen atoms in total. The van der Waals surface area contributed by atoms with Gasteiger partial charge in [0.15, 0.2) is 17.3 Å². The van der Waals surface area contributed by atoms with Crippen molar-refractivity contribution < 1.29 is 23.9 Å². The topological polar surface area (TPSA) is 65.1 Å². The summed E-state index contributed by atoms with van der Waals surface area (Å²) >= 11 is 0. The molecule has 0 unspecified atom stereocenters. The molecule has 182 valence electrons. The molecule has 0 heterocycles. The summed E-state index contributed by atoms with van der Waals surface area (Å²) in [5, 5.41) is 1.22. The van der Waals surface area contributed by atoms with Crippen LogP contribution in [0.5, 0.6) is 11.5 Å². The molecule has 4 rings (SSSR count). The lowest BCUT2D eigenvalue weighted by Crippen LogP contribution is -2.29. The van der Waals surface area contributed by atoms with Crippen LogP contribution >= 0.6 is 0 Å². The predicted octanol–water partition coefficient (Wildman–Crippen LogP) is 5.73. The third-order valence-electron chi connectivity index (χ3n) is 5.35. The Hall–Kier alpha value is -4.42. The van der Waals surface area contributed by atoms with Crippen molar-refractivity contribution in [3.05, 3.63) is 131 Å². The lowest BCUT2D eigenvalue weighted by Gasteiger charge is -2.17. The van der Waals surface area contributed by atoms with E-state index in [1.165, 1.54) is 5.06 Å². The highest BCUT2D eigenvalue weighted by Gasteiger charge is 2.17. The number of hydroxylamine groups is 2. The van der Waals surface area contributed by atoms with Gasteiger partial charge < -0.3 is 14.3 Å². The Labute approximate surface area is 210 Å².